The Hall–Kier alpha value is -3.74. The van der Waals surface area contributed by atoms with E-state index in [-0.39, 0.29) is 28.5 Å². The molecular weight excluding hydrogens is 610 g/mol. The average Bonchev–Trinajstić information content (AvgIpc) is 2.98. The highest BCUT2D eigenvalue weighted by Crippen LogP contribution is 2.41. The Bertz CT molecular complexity index is 1580. The number of hydrogen-bond acceptors (Lipinski definition) is 8. The van der Waals surface area contributed by atoms with Crippen LogP contribution in [-0.4, -0.2) is 61.9 Å². The fourth-order valence-electron chi connectivity index (χ4n) is 4.07. The van der Waals surface area contributed by atoms with E-state index in [1.165, 1.54) is 19.2 Å². The molecule has 0 aliphatic carbocycles. The predicted molar refractivity (Wildman–Crippen MR) is 156 cm³/mol. The molecule has 3 aromatic rings. The summed E-state index contributed by atoms with van der Waals surface area (Å²) >= 11 is 6.01. The summed E-state index contributed by atoms with van der Waals surface area (Å²) in [7, 11) is -2.14. The Balaban J connectivity index is 1.64. The number of esters is 1. The first-order valence-electron chi connectivity index (χ1n) is 12.4. The van der Waals surface area contributed by atoms with Crippen molar-refractivity contribution < 1.29 is 36.3 Å². The van der Waals surface area contributed by atoms with Gasteiger partial charge in [0.15, 0.2) is 12.1 Å². The minimum absolute atomic E-state index is 0.0223. The standard InChI is InChI=1S/C29H25ClF2N2O6S2/c1-18(15-30)26(29(36)40-17-19-8-10-23(39-2)11-9-19)34-27(35)25(33-16-20-12-21(31)14-22(32)13-20)28(34)41-42(37,38)24-6-4-3-5-7-24/h3-14,16,25-26,28H,1,15,17H2,2H3. The third-order valence-corrected chi connectivity index (χ3v) is 10.2. The first-order valence-corrected chi connectivity index (χ1v) is 15.8. The van der Waals surface area contributed by atoms with E-state index in [9.17, 15) is 26.8 Å². The lowest BCUT2D eigenvalue weighted by molar-refractivity contribution is -0.161. The first kappa shape index (κ1) is 31.2. The second kappa shape index (κ2) is 13.5. The van der Waals surface area contributed by atoms with Crippen molar-refractivity contribution >= 4 is 49.4 Å². The number of β-lactam (4-membered cyclic amide) rings is 1. The number of hydrogen-bond donors (Lipinski definition) is 0. The normalized spacial score (nSPS) is 17.5. The fourth-order valence-corrected chi connectivity index (χ4v) is 7.73. The van der Waals surface area contributed by atoms with Crippen LogP contribution in [0.4, 0.5) is 8.78 Å². The van der Waals surface area contributed by atoms with E-state index in [0.29, 0.717) is 28.2 Å². The molecule has 42 heavy (non-hydrogen) atoms. The number of nitrogens with zero attached hydrogens (tertiary/aromatic N) is 2. The van der Waals surface area contributed by atoms with Gasteiger partial charge < -0.3 is 14.4 Å². The Morgan fingerprint density at radius 3 is 2.36 bits per heavy atom. The first-order chi connectivity index (χ1) is 20.0. The lowest BCUT2D eigenvalue weighted by atomic mass is 9.99. The molecule has 1 fully saturated rings. The lowest BCUT2D eigenvalue weighted by Crippen LogP contribution is -2.68. The highest BCUT2D eigenvalue weighted by atomic mass is 35.5. The minimum atomic E-state index is -4.06. The molecule has 1 heterocycles. The number of aliphatic imine (C=N–C) groups is 1. The average molecular weight is 635 g/mol. The molecule has 3 aromatic carbocycles. The van der Waals surface area contributed by atoms with Gasteiger partial charge in [0.2, 0.25) is 8.87 Å². The van der Waals surface area contributed by atoms with Gasteiger partial charge in [0.1, 0.15) is 29.4 Å². The van der Waals surface area contributed by atoms with Crippen molar-refractivity contribution in [1.82, 2.24) is 4.90 Å². The summed E-state index contributed by atoms with van der Waals surface area (Å²) in [5.74, 6) is -2.92. The van der Waals surface area contributed by atoms with Crippen LogP contribution in [0.1, 0.15) is 11.1 Å². The Morgan fingerprint density at radius 2 is 1.76 bits per heavy atom. The van der Waals surface area contributed by atoms with Crippen LogP contribution in [-0.2, 0) is 29.8 Å². The van der Waals surface area contributed by atoms with E-state index in [4.69, 9.17) is 21.1 Å². The van der Waals surface area contributed by atoms with Crippen LogP contribution in [0.5, 0.6) is 5.75 Å². The maximum atomic E-state index is 13.7. The Kier molecular flexibility index (Phi) is 10.0. The van der Waals surface area contributed by atoms with Crippen LogP contribution in [0.25, 0.3) is 0 Å². The molecule has 1 saturated heterocycles. The molecule has 0 saturated carbocycles. The minimum Gasteiger partial charge on any atom is -0.497 e. The number of benzene rings is 3. The van der Waals surface area contributed by atoms with Gasteiger partial charge in [-0.05, 0) is 53.1 Å². The summed E-state index contributed by atoms with van der Waals surface area (Å²) in [6.45, 7) is 3.66. The van der Waals surface area contributed by atoms with E-state index in [1.807, 2.05) is 0 Å². The highest BCUT2D eigenvalue weighted by Gasteiger charge is 2.55. The molecule has 3 unspecified atom stereocenters. The summed E-state index contributed by atoms with van der Waals surface area (Å²) in [4.78, 5) is 31.9. The van der Waals surface area contributed by atoms with Crippen LogP contribution in [0.3, 0.4) is 0 Å². The molecule has 0 radical (unpaired) electrons. The molecule has 0 spiro atoms. The number of carbonyl (C=O) groups is 2. The summed E-state index contributed by atoms with van der Waals surface area (Å²) < 4.78 is 64.6. The van der Waals surface area contributed by atoms with E-state index in [1.54, 1.807) is 42.5 Å². The van der Waals surface area contributed by atoms with Crippen molar-refractivity contribution in [1.29, 1.82) is 0 Å². The molecular formula is C29H25ClF2N2O6S2. The molecule has 4 rings (SSSR count). The molecule has 8 nitrogen and oxygen atoms in total. The number of alkyl halides is 1. The van der Waals surface area contributed by atoms with Gasteiger partial charge in [-0.25, -0.2) is 22.0 Å². The van der Waals surface area contributed by atoms with Gasteiger partial charge in [0, 0.05) is 29.0 Å². The van der Waals surface area contributed by atoms with Crippen molar-refractivity contribution in [3.8, 4) is 5.75 Å². The third kappa shape index (κ3) is 7.18. The molecule has 13 heteroatoms. The third-order valence-electron chi connectivity index (χ3n) is 6.18. The van der Waals surface area contributed by atoms with Gasteiger partial charge >= 0.3 is 5.97 Å². The number of ether oxygens (including phenoxy) is 2. The van der Waals surface area contributed by atoms with Crippen molar-refractivity contribution in [2.24, 2.45) is 4.99 Å². The molecule has 1 aliphatic rings. The molecule has 0 bridgehead atoms. The van der Waals surface area contributed by atoms with Crippen LogP contribution < -0.4 is 4.74 Å². The van der Waals surface area contributed by atoms with Crippen LogP contribution in [0.2, 0.25) is 0 Å². The van der Waals surface area contributed by atoms with Gasteiger partial charge in [-0.1, -0.05) is 36.9 Å². The van der Waals surface area contributed by atoms with Gasteiger partial charge in [0.05, 0.1) is 12.0 Å². The van der Waals surface area contributed by atoms with Gasteiger partial charge in [-0.2, -0.15) is 0 Å². The monoisotopic (exact) mass is 634 g/mol. The maximum absolute atomic E-state index is 13.7. The van der Waals surface area contributed by atoms with Crippen LogP contribution in [0.15, 0.2) is 94.8 Å². The highest BCUT2D eigenvalue weighted by molar-refractivity contribution is 8.72. The number of likely N-dealkylation sites (tertiary alicyclic amines) is 1. The molecule has 0 N–H and O–H groups in total. The zero-order valence-electron chi connectivity index (χ0n) is 22.2. The van der Waals surface area contributed by atoms with Crippen LogP contribution >= 0.6 is 22.4 Å². The second-order valence-corrected chi connectivity index (χ2v) is 13.3. The number of carbonyl (C=O) groups excluding carboxylic acids is 2. The number of methoxy groups -OCH3 is 1. The zero-order valence-corrected chi connectivity index (χ0v) is 24.5. The number of halogens is 3. The summed E-state index contributed by atoms with van der Waals surface area (Å²) in [6, 6.07) is 14.2. The fraction of sp³-hybridized carbons (Fsp3) is 0.207. The van der Waals surface area contributed by atoms with Crippen molar-refractivity contribution in [2.45, 2.75) is 29.0 Å². The summed E-state index contributed by atoms with van der Waals surface area (Å²) in [6.07, 6.45) is 1.07. The molecule has 1 aliphatic heterocycles. The molecule has 1 amide bonds. The van der Waals surface area contributed by atoms with E-state index >= 15 is 0 Å². The largest absolute Gasteiger partial charge is 0.497 e. The smallest absolute Gasteiger partial charge is 0.333 e. The zero-order chi connectivity index (χ0) is 30.4. The maximum Gasteiger partial charge on any atom is 0.333 e. The summed E-state index contributed by atoms with van der Waals surface area (Å²) in [5, 5.41) is -1.23. The predicted octanol–water partition coefficient (Wildman–Crippen LogP) is 4.96. The van der Waals surface area contributed by atoms with Crippen LogP contribution in [0, 0.1) is 11.6 Å². The van der Waals surface area contributed by atoms with Gasteiger partial charge in [-0.15, -0.1) is 11.6 Å². The van der Waals surface area contributed by atoms with E-state index < -0.39 is 49.8 Å². The van der Waals surface area contributed by atoms with Crippen molar-refractivity contribution in [3.63, 3.8) is 0 Å². The Labute approximate surface area is 250 Å². The topological polar surface area (TPSA) is 102 Å². The van der Waals surface area contributed by atoms with Gasteiger partial charge in [0.25, 0.3) is 5.91 Å². The molecule has 3 atom stereocenters. The lowest BCUT2D eigenvalue weighted by Gasteiger charge is -2.47. The number of amides is 1. The molecule has 220 valence electrons. The quantitative estimate of drug-likeness (QED) is 0.0693. The SMILES string of the molecule is C=C(CCl)C(C(=O)OCc1ccc(OC)cc1)N1C(=O)C(N=Cc2cc(F)cc(F)c2)C1SS(=O)(=O)c1ccccc1. The Morgan fingerprint density at radius 1 is 1.12 bits per heavy atom. The van der Waals surface area contributed by atoms with E-state index in [2.05, 4.69) is 11.6 Å². The summed E-state index contributed by atoms with van der Waals surface area (Å²) in [5.41, 5.74) is 0.757. The van der Waals surface area contributed by atoms with Crippen molar-refractivity contribution in [2.75, 3.05) is 13.0 Å². The van der Waals surface area contributed by atoms with Gasteiger partial charge in [-0.3, -0.25) is 9.79 Å². The number of rotatable bonds is 12. The van der Waals surface area contributed by atoms with E-state index in [0.717, 1.165) is 23.2 Å². The van der Waals surface area contributed by atoms with Crippen molar-refractivity contribution in [3.05, 3.63) is 108 Å². The molecule has 0 aromatic heterocycles. The second-order valence-electron chi connectivity index (χ2n) is 9.08.